The summed E-state index contributed by atoms with van der Waals surface area (Å²) in [6, 6.07) is 9.10. The van der Waals surface area contributed by atoms with Crippen molar-refractivity contribution in [3.63, 3.8) is 0 Å². The zero-order chi connectivity index (χ0) is 35.9. The summed E-state index contributed by atoms with van der Waals surface area (Å²) in [5.74, 6) is -2.97. The number of esters is 1. The minimum Gasteiger partial charge on any atom is -0.451 e. The van der Waals surface area contributed by atoms with Gasteiger partial charge in [0.25, 0.3) is 0 Å². The van der Waals surface area contributed by atoms with Gasteiger partial charge in [0.2, 0.25) is 0 Å². The second-order valence-corrected chi connectivity index (χ2v) is 12.6. The van der Waals surface area contributed by atoms with E-state index in [0.29, 0.717) is 11.6 Å². The Labute approximate surface area is 291 Å². The summed E-state index contributed by atoms with van der Waals surface area (Å²) in [6.07, 6.45) is 8.80. The summed E-state index contributed by atoms with van der Waals surface area (Å²) in [6.45, 7) is 5.30. The van der Waals surface area contributed by atoms with Crippen LogP contribution in [0, 0.1) is 28.8 Å². The van der Waals surface area contributed by atoms with E-state index < -0.39 is 46.7 Å². The topological polar surface area (TPSA) is 135 Å². The van der Waals surface area contributed by atoms with Crippen molar-refractivity contribution < 1.29 is 46.4 Å². The van der Waals surface area contributed by atoms with Gasteiger partial charge in [-0.2, -0.15) is 10.4 Å². The summed E-state index contributed by atoms with van der Waals surface area (Å²) in [5, 5.41) is 12.1. The number of thioether (sulfide) groups is 1. The number of nitriles is 1. The summed E-state index contributed by atoms with van der Waals surface area (Å²) >= 11 is 1.33. The first-order chi connectivity index (χ1) is 24.1. The second-order valence-electron chi connectivity index (χ2n) is 10.9. The molecule has 0 spiro atoms. The van der Waals surface area contributed by atoms with E-state index in [4.69, 9.17) is 28.9 Å². The maximum atomic E-state index is 15.6. The van der Waals surface area contributed by atoms with Crippen LogP contribution in [0.4, 0.5) is 18.0 Å². The van der Waals surface area contributed by atoms with E-state index in [9.17, 15) is 18.4 Å². The van der Waals surface area contributed by atoms with Crippen molar-refractivity contribution in [1.82, 2.24) is 14.8 Å². The molecule has 2 heterocycles. The Morgan fingerprint density at radius 2 is 1.96 bits per heavy atom. The lowest BCUT2D eigenvalue weighted by atomic mass is 9.89. The Morgan fingerprint density at radius 3 is 2.64 bits per heavy atom. The predicted octanol–water partition coefficient (Wildman–Crippen LogP) is 6.26. The van der Waals surface area contributed by atoms with Gasteiger partial charge < -0.3 is 23.7 Å². The first-order valence-electron chi connectivity index (χ1n) is 15.5. The van der Waals surface area contributed by atoms with Crippen LogP contribution in [0.15, 0.2) is 79.9 Å². The van der Waals surface area contributed by atoms with Crippen LogP contribution in [-0.4, -0.2) is 70.1 Å². The number of carbonyl (C=O) groups excluding carboxylic acids is 2. The highest BCUT2D eigenvalue weighted by Crippen LogP contribution is 2.42. The molecule has 0 N–H and O–H groups in total. The molecule has 15 heteroatoms. The molecule has 0 saturated carbocycles. The Hall–Kier alpha value is -4.91. The molecule has 2 aromatic carbocycles. The highest BCUT2D eigenvalue weighted by Gasteiger charge is 2.46. The fourth-order valence-corrected chi connectivity index (χ4v) is 6.28. The van der Waals surface area contributed by atoms with Crippen LogP contribution >= 0.6 is 11.8 Å². The van der Waals surface area contributed by atoms with Crippen molar-refractivity contribution in [2.24, 2.45) is 0 Å². The zero-order valence-electron chi connectivity index (χ0n) is 27.1. The molecule has 4 rings (SSSR count). The van der Waals surface area contributed by atoms with Gasteiger partial charge in [-0.05, 0) is 43.7 Å². The Kier molecular flexibility index (Phi) is 14.2. The van der Waals surface area contributed by atoms with Crippen molar-refractivity contribution in [3.8, 4) is 6.07 Å². The number of ether oxygens (including phenoxy) is 5. The monoisotopic (exact) mass is 712 g/mol. The molecule has 0 bridgehead atoms. The van der Waals surface area contributed by atoms with Crippen LogP contribution in [0.3, 0.4) is 0 Å². The smallest absolute Gasteiger partial charge is 0.451 e. The summed E-state index contributed by atoms with van der Waals surface area (Å²) in [4.78, 5) is 28.9. The van der Waals surface area contributed by atoms with E-state index in [-0.39, 0.29) is 62.2 Å². The fraction of sp³-hybridized carbons (Fsp3) is 0.343. The van der Waals surface area contributed by atoms with E-state index >= 15 is 4.39 Å². The average molecular weight is 713 g/mol. The number of halogens is 3. The zero-order valence-corrected chi connectivity index (χ0v) is 27.9. The van der Waals surface area contributed by atoms with Gasteiger partial charge >= 0.3 is 12.1 Å². The molecule has 2 atom stereocenters. The van der Waals surface area contributed by atoms with Gasteiger partial charge in [-0.25, -0.2) is 27.6 Å². The number of rotatable bonds is 16. The van der Waals surface area contributed by atoms with Crippen molar-refractivity contribution >= 4 is 30.0 Å². The largest absolute Gasteiger partial charge is 0.508 e. The maximum absolute atomic E-state index is 15.6. The number of hydrogen-bond donors (Lipinski definition) is 0. The minimum absolute atomic E-state index is 0.0282. The number of benzene rings is 2. The van der Waals surface area contributed by atoms with Crippen molar-refractivity contribution in [1.29, 1.82) is 5.26 Å². The quantitative estimate of drug-likeness (QED) is 0.0721. The minimum atomic E-state index is -1.71. The Morgan fingerprint density at radius 1 is 1.16 bits per heavy atom. The molecule has 0 amide bonds. The van der Waals surface area contributed by atoms with Crippen molar-refractivity contribution in [3.05, 3.63) is 114 Å². The van der Waals surface area contributed by atoms with E-state index in [1.165, 1.54) is 53.4 Å². The van der Waals surface area contributed by atoms with Crippen LogP contribution in [0.5, 0.6) is 0 Å². The van der Waals surface area contributed by atoms with Gasteiger partial charge in [0.15, 0.2) is 11.9 Å². The summed E-state index contributed by atoms with van der Waals surface area (Å²) in [5.41, 5.74) is -1.24. The molecule has 3 aromatic rings. The van der Waals surface area contributed by atoms with Crippen molar-refractivity contribution in [2.75, 3.05) is 26.4 Å². The lowest BCUT2D eigenvalue weighted by molar-refractivity contribution is -0.164. The lowest BCUT2D eigenvalue weighted by Gasteiger charge is -2.40. The number of nitrogens with zero attached hydrogens (tertiary/aromatic N) is 4. The molecule has 0 aliphatic carbocycles. The Balaban J connectivity index is 1.45. The molecule has 1 aliphatic heterocycles. The SMILES string of the molecule is C=CCOC(=O)OCCCC(=O)O[C@@](Cn1cncn1)(c1ccc(F)cc1F)[C@@H](C)SC1COC(C=CC=Cc2ccc(C#N)cc2F)OC1. The van der Waals surface area contributed by atoms with Gasteiger partial charge in [-0.1, -0.05) is 36.9 Å². The highest BCUT2D eigenvalue weighted by atomic mass is 32.2. The fourth-order valence-electron chi connectivity index (χ4n) is 4.92. The molecular formula is C35H35F3N4O7S. The molecule has 1 aliphatic rings. The third-order valence-corrected chi connectivity index (χ3v) is 8.79. The standard InChI is InChI=1S/C35H35F3N4O7S/c1-3-14-45-34(44)46-15-6-8-32(43)49-35(21-42-23-40-22-41-42,29-13-12-27(36)17-31(29)38)24(2)50-28-19-47-33(48-20-28)9-5-4-7-26-11-10-25(18-39)16-30(26)37/h3-5,7,9-13,16-17,22-24,28,33H,1,6,8,14-15,19-21H2,2H3/t24-,28?,33?,35-/m1/s1. The van der Waals surface area contributed by atoms with Gasteiger partial charge in [0.1, 0.15) is 36.7 Å². The number of hydrogen-bond acceptors (Lipinski definition) is 11. The van der Waals surface area contributed by atoms with E-state index in [1.807, 2.05) is 6.07 Å². The third kappa shape index (κ3) is 10.8. The molecule has 11 nitrogen and oxygen atoms in total. The van der Waals surface area contributed by atoms with Gasteiger partial charge in [-0.15, -0.1) is 11.8 Å². The van der Waals surface area contributed by atoms with Crippen LogP contribution in [0.25, 0.3) is 6.08 Å². The van der Waals surface area contributed by atoms with E-state index in [2.05, 4.69) is 16.7 Å². The first kappa shape index (κ1) is 37.9. The van der Waals surface area contributed by atoms with E-state index in [1.54, 1.807) is 31.2 Å². The van der Waals surface area contributed by atoms with Crippen LogP contribution < -0.4 is 0 Å². The normalized spacial score (nSPS) is 17.9. The average Bonchev–Trinajstić information content (AvgIpc) is 3.61. The van der Waals surface area contributed by atoms with Gasteiger partial charge in [0, 0.05) is 28.9 Å². The highest BCUT2D eigenvalue weighted by molar-refractivity contribution is 8.00. The summed E-state index contributed by atoms with van der Waals surface area (Å²) in [7, 11) is 0. The number of aromatic nitrogens is 3. The second kappa shape index (κ2) is 18.7. The van der Waals surface area contributed by atoms with Crippen LogP contribution in [0.1, 0.15) is 36.5 Å². The van der Waals surface area contributed by atoms with E-state index in [0.717, 1.165) is 12.1 Å². The third-order valence-electron chi connectivity index (χ3n) is 7.34. The molecule has 50 heavy (non-hydrogen) atoms. The predicted molar refractivity (Wildman–Crippen MR) is 177 cm³/mol. The lowest BCUT2D eigenvalue weighted by Crippen LogP contribution is -2.47. The summed E-state index contributed by atoms with van der Waals surface area (Å²) < 4.78 is 72.7. The molecule has 1 saturated heterocycles. The molecule has 0 radical (unpaired) electrons. The molecular weight excluding hydrogens is 677 g/mol. The van der Waals surface area contributed by atoms with Gasteiger partial charge in [0.05, 0.1) is 43.2 Å². The van der Waals surface area contributed by atoms with Crippen molar-refractivity contribution in [2.45, 2.75) is 48.7 Å². The van der Waals surface area contributed by atoms with Crippen LogP contribution in [-0.2, 0) is 40.6 Å². The van der Waals surface area contributed by atoms with Gasteiger partial charge in [-0.3, -0.25) is 4.79 Å². The molecule has 1 aromatic heterocycles. The van der Waals surface area contributed by atoms with Crippen LogP contribution in [0.2, 0.25) is 0 Å². The Bertz CT molecular complexity index is 1710. The maximum Gasteiger partial charge on any atom is 0.508 e. The molecule has 0 unspecified atom stereocenters. The first-order valence-corrected chi connectivity index (χ1v) is 16.4. The molecule has 264 valence electrons. The number of carbonyl (C=O) groups is 2. The number of allylic oxidation sites excluding steroid dienone is 2. The molecule has 1 fully saturated rings.